The van der Waals surface area contributed by atoms with Gasteiger partial charge in [0.2, 0.25) is 5.91 Å². The first kappa shape index (κ1) is 16.6. The lowest BCUT2D eigenvalue weighted by atomic mass is 10.1. The number of esters is 1. The molecular weight excluding hydrogens is 274 g/mol. The number of amides is 1. The molecule has 0 radical (unpaired) electrons. The van der Waals surface area contributed by atoms with Crippen molar-refractivity contribution in [3.63, 3.8) is 0 Å². The fourth-order valence-electron chi connectivity index (χ4n) is 1.74. The highest BCUT2D eigenvalue weighted by Gasteiger charge is 2.14. The van der Waals surface area contributed by atoms with Gasteiger partial charge in [-0.05, 0) is 25.5 Å². The first-order chi connectivity index (χ1) is 9.43. The molecule has 1 N–H and O–H groups in total. The Kier molecular flexibility index (Phi) is 6.58. The number of hydrogen-bond acceptors (Lipinski definition) is 4. The van der Waals surface area contributed by atoms with Gasteiger partial charge in [-0.2, -0.15) is 11.8 Å². The van der Waals surface area contributed by atoms with Crippen molar-refractivity contribution in [1.29, 1.82) is 0 Å². The molecule has 0 aromatic heterocycles. The number of anilines is 1. The maximum absolute atomic E-state index is 11.8. The maximum atomic E-state index is 11.8. The molecule has 4 nitrogen and oxygen atoms in total. The lowest BCUT2D eigenvalue weighted by molar-refractivity contribution is -0.144. The second-order valence-electron chi connectivity index (χ2n) is 4.81. The lowest BCUT2D eigenvalue weighted by Crippen LogP contribution is -2.18. The van der Waals surface area contributed by atoms with Crippen LogP contribution in [-0.2, 0) is 14.3 Å². The molecule has 0 fully saturated rings. The molecule has 0 heterocycles. The second-order valence-corrected chi connectivity index (χ2v) is 5.84. The second kappa shape index (κ2) is 7.94. The Hall–Kier alpha value is -1.49. The van der Waals surface area contributed by atoms with E-state index in [4.69, 9.17) is 0 Å². The van der Waals surface area contributed by atoms with Crippen molar-refractivity contribution in [3.05, 3.63) is 29.3 Å². The van der Waals surface area contributed by atoms with Crippen molar-refractivity contribution in [2.75, 3.05) is 23.9 Å². The van der Waals surface area contributed by atoms with E-state index < -0.39 is 0 Å². The topological polar surface area (TPSA) is 55.4 Å². The normalized spacial score (nSPS) is 11.8. The standard InChI is InChI=1S/C15H21NO3S/c1-10-5-6-13(11(2)7-10)16-14(17)9-20-8-12(3)15(18)19-4/h5-7,12H,8-9H2,1-4H3,(H,16,17). The average Bonchev–Trinajstić information content (AvgIpc) is 2.41. The molecule has 0 aliphatic heterocycles. The van der Waals surface area contributed by atoms with Crippen LogP contribution < -0.4 is 5.32 Å². The molecule has 0 saturated carbocycles. The van der Waals surface area contributed by atoms with Crippen LogP contribution in [0.5, 0.6) is 0 Å². The third-order valence-electron chi connectivity index (χ3n) is 2.86. The van der Waals surface area contributed by atoms with E-state index in [2.05, 4.69) is 10.1 Å². The summed E-state index contributed by atoms with van der Waals surface area (Å²) in [5.74, 6) is 0.409. The maximum Gasteiger partial charge on any atom is 0.309 e. The van der Waals surface area contributed by atoms with Gasteiger partial charge < -0.3 is 10.1 Å². The minimum Gasteiger partial charge on any atom is -0.469 e. The predicted octanol–water partition coefficient (Wildman–Crippen LogP) is 2.78. The van der Waals surface area contributed by atoms with Crippen molar-refractivity contribution in [3.8, 4) is 0 Å². The highest BCUT2D eigenvalue weighted by molar-refractivity contribution is 8.00. The quantitative estimate of drug-likeness (QED) is 0.820. The Morgan fingerprint density at radius 2 is 2.05 bits per heavy atom. The zero-order chi connectivity index (χ0) is 15.1. The Morgan fingerprint density at radius 1 is 1.35 bits per heavy atom. The van der Waals surface area contributed by atoms with Crippen molar-refractivity contribution in [1.82, 2.24) is 0 Å². The summed E-state index contributed by atoms with van der Waals surface area (Å²) in [6, 6.07) is 5.90. The molecule has 1 rings (SSSR count). The van der Waals surface area contributed by atoms with E-state index in [1.165, 1.54) is 24.4 Å². The SMILES string of the molecule is COC(=O)C(C)CSCC(=O)Nc1ccc(C)cc1C. The molecule has 0 aliphatic rings. The van der Waals surface area contributed by atoms with Gasteiger partial charge >= 0.3 is 5.97 Å². The van der Waals surface area contributed by atoms with Crippen LogP contribution in [0.1, 0.15) is 18.1 Å². The molecule has 20 heavy (non-hydrogen) atoms. The van der Waals surface area contributed by atoms with Gasteiger partial charge in [-0.15, -0.1) is 0 Å². The molecule has 1 aromatic carbocycles. The number of ether oxygens (including phenoxy) is 1. The summed E-state index contributed by atoms with van der Waals surface area (Å²) in [5.41, 5.74) is 3.05. The van der Waals surface area contributed by atoms with Gasteiger partial charge in [-0.25, -0.2) is 0 Å². The molecule has 1 unspecified atom stereocenters. The summed E-state index contributed by atoms with van der Waals surface area (Å²) in [6.45, 7) is 5.78. The molecule has 1 aromatic rings. The lowest BCUT2D eigenvalue weighted by Gasteiger charge is -2.10. The van der Waals surface area contributed by atoms with Gasteiger partial charge in [0, 0.05) is 11.4 Å². The highest BCUT2D eigenvalue weighted by atomic mass is 32.2. The number of hydrogen-bond donors (Lipinski definition) is 1. The Morgan fingerprint density at radius 3 is 2.65 bits per heavy atom. The minimum atomic E-state index is -0.243. The van der Waals surface area contributed by atoms with Crippen LogP contribution in [0, 0.1) is 19.8 Å². The van der Waals surface area contributed by atoms with E-state index in [0.29, 0.717) is 11.5 Å². The zero-order valence-corrected chi connectivity index (χ0v) is 13.2. The van der Waals surface area contributed by atoms with Crippen molar-refractivity contribution >= 4 is 29.3 Å². The molecule has 5 heteroatoms. The number of aryl methyl sites for hydroxylation is 2. The monoisotopic (exact) mass is 295 g/mol. The van der Waals surface area contributed by atoms with E-state index in [1.807, 2.05) is 32.0 Å². The van der Waals surface area contributed by atoms with Gasteiger partial charge in [0.1, 0.15) is 0 Å². The Balaban J connectivity index is 2.39. The fourth-order valence-corrected chi connectivity index (χ4v) is 2.60. The van der Waals surface area contributed by atoms with Crippen LogP contribution in [0.15, 0.2) is 18.2 Å². The Labute approximate surface area is 124 Å². The number of benzene rings is 1. The van der Waals surface area contributed by atoms with E-state index in [0.717, 1.165) is 11.3 Å². The largest absolute Gasteiger partial charge is 0.469 e. The average molecular weight is 295 g/mol. The van der Waals surface area contributed by atoms with Crippen LogP contribution in [-0.4, -0.2) is 30.5 Å². The zero-order valence-electron chi connectivity index (χ0n) is 12.4. The molecule has 1 atom stereocenters. The van der Waals surface area contributed by atoms with E-state index in [9.17, 15) is 9.59 Å². The summed E-state index contributed by atoms with van der Waals surface area (Å²) in [6.07, 6.45) is 0. The van der Waals surface area contributed by atoms with Crippen molar-refractivity contribution < 1.29 is 14.3 Å². The summed E-state index contributed by atoms with van der Waals surface area (Å²) >= 11 is 1.43. The first-order valence-electron chi connectivity index (χ1n) is 6.46. The number of thioether (sulfide) groups is 1. The van der Waals surface area contributed by atoms with Crippen LogP contribution in [0.2, 0.25) is 0 Å². The summed E-state index contributed by atoms with van der Waals surface area (Å²) in [4.78, 5) is 23.0. The third-order valence-corrected chi connectivity index (χ3v) is 4.06. The first-order valence-corrected chi connectivity index (χ1v) is 7.62. The third kappa shape index (κ3) is 5.25. The van der Waals surface area contributed by atoms with E-state index in [-0.39, 0.29) is 17.8 Å². The number of nitrogens with one attached hydrogen (secondary N) is 1. The van der Waals surface area contributed by atoms with Crippen LogP contribution in [0.3, 0.4) is 0 Å². The molecule has 0 bridgehead atoms. The molecule has 1 amide bonds. The van der Waals surface area contributed by atoms with Crippen molar-refractivity contribution in [2.24, 2.45) is 5.92 Å². The van der Waals surface area contributed by atoms with Gasteiger partial charge in [0.05, 0.1) is 18.8 Å². The van der Waals surface area contributed by atoms with Gasteiger partial charge in [0.15, 0.2) is 0 Å². The smallest absolute Gasteiger partial charge is 0.309 e. The summed E-state index contributed by atoms with van der Waals surface area (Å²) in [7, 11) is 1.37. The molecule has 0 aliphatic carbocycles. The summed E-state index contributed by atoms with van der Waals surface area (Å²) in [5, 5.41) is 2.88. The van der Waals surface area contributed by atoms with Gasteiger partial charge in [-0.3, -0.25) is 9.59 Å². The highest BCUT2D eigenvalue weighted by Crippen LogP contribution is 2.17. The van der Waals surface area contributed by atoms with E-state index >= 15 is 0 Å². The summed E-state index contributed by atoms with van der Waals surface area (Å²) < 4.78 is 4.64. The number of methoxy groups -OCH3 is 1. The van der Waals surface area contributed by atoms with Gasteiger partial charge in [-0.1, -0.05) is 24.6 Å². The van der Waals surface area contributed by atoms with E-state index in [1.54, 1.807) is 6.92 Å². The number of carbonyl (C=O) groups is 2. The minimum absolute atomic E-state index is 0.0565. The van der Waals surface area contributed by atoms with Gasteiger partial charge in [0.25, 0.3) is 0 Å². The fraction of sp³-hybridized carbons (Fsp3) is 0.467. The Bertz CT molecular complexity index is 488. The van der Waals surface area contributed by atoms with Crippen molar-refractivity contribution in [2.45, 2.75) is 20.8 Å². The predicted molar refractivity (Wildman–Crippen MR) is 83.1 cm³/mol. The van der Waals surface area contributed by atoms with Crippen LogP contribution in [0.25, 0.3) is 0 Å². The molecular formula is C15H21NO3S. The molecule has 0 saturated heterocycles. The van der Waals surface area contributed by atoms with Crippen LogP contribution in [0.4, 0.5) is 5.69 Å². The van der Waals surface area contributed by atoms with Crippen LogP contribution >= 0.6 is 11.8 Å². The number of carbonyl (C=O) groups excluding carboxylic acids is 2. The molecule has 110 valence electrons. The number of rotatable bonds is 6. The molecule has 0 spiro atoms.